The number of hydrogen-bond donors (Lipinski definition) is 1. The van der Waals surface area contributed by atoms with E-state index in [-0.39, 0.29) is 10.9 Å². The molecule has 32 heavy (non-hydrogen) atoms. The molecule has 164 valence electrons. The lowest BCUT2D eigenvalue weighted by Crippen LogP contribution is -2.00. The molecule has 0 saturated carbocycles. The number of imidazole rings is 1. The number of nitrogens with zero attached hydrogens (tertiary/aromatic N) is 3. The molecule has 4 aromatic rings. The van der Waals surface area contributed by atoms with Crippen LogP contribution < -0.4 is 0 Å². The van der Waals surface area contributed by atoms with Gasteiger partial charge in [0.15, 0.2) is 14.9 Å². The number of aryl methyl sites for hydroxylation is 1. The van der Waals surface area contributed by atoms with Crippen LogP contribution in [0.15, 0.2) is 59.8 Å². The number of aromatic amines is 1. The minimum atomic E-state index is -3.43. The van der Waals surface area contributed by atoms with Gasteiger partial charge in [0.25, 0.3) is 0 Å². The monoisotopic (exact) mass is 450 g/mol. The van der Waals surface area contributed by atoms with Crippen molar-refractivity contribution in [3.8, 4) is 33.8 Å². The SMILES string of the molecule is Cc1cccc(-c2[nH]c(C(C)C)nc2-c2ccc(F)c(-c3ccc(S(C)(=O)=O)nc3)c2)n1. The van der Waals surface area contributed by atoms with Gasteiger partial charge in [0.2, 0.25) is 0 Å². The number of nitrogens with one attached hydrogen (secondary N) is 1. The molecule has 0 spiro atoms. The molecule has 1 aromatic carbocycles. The standard InChI is InChI=1S/C24H23FN4O2S/c1-14(2)24-28-22(23(29-24)20-7-5-6-15(3)27-20)16-8-10-19(25)18(12-16)17-9-11-21(26-13-17)32(4,30)31/h5-14H,1-4H3,(H,28,29). The predicted molar refractivity (Wildman–Crippen MR) is 122 cm³/mol. The highest BCUT2D eigenvalue weighted by Crippen LogP contribution is 2.34. The van der Waals surface area contributed by atoms with E-state index >= 15 is 0 Å². The van der Waals surface area contributed by atoms with E-state index in [0.717, 1.165) is 34.7 Å². The molecule has 0 atom stereocenters. The van der Waals surface area contributed by atoms with Gasteiger partial charge in [-0.05, 0) is 49.4 Å². The van der Waals surface area contributed by atoms with Crippen LogP contribution in [0.2, 0.25) is 0 Å². The maximum atomic E-state index is 14.7. The summed E-state index contributed by atoms with van der Waals surface area (Å²) in [5.74, 6) is 0.542. The van der Waals surface area contributed by atoms with Crippen LogP contribution in [0.4, 0.5) is 4.39 Å². The highest BCUT2D eigenvalue weighted by Gasteiger charge is 2.19. The van der Waals surface area contributed by atoms with Crippen LogP contribution >= 0.6 is 0 Å². The zero-order valence-corrected chi connectivity index (χ0v) is 19.0. The predicted octanol–water partition coefficient (Wildman–Crippen LogP) is 5.18. The van der Waals surface area contributed by atoms with Crippen LogP contribution in [0.25, 0.3) is 33.8 Å². The lowest BCUT2D eigenvalue weighted by molar-refractivity contribution is 0.598. The molecule has 3 heterocycles. The van der Waals surface area contributed by atoms with Crippen molar-refractivity contribution < 1.29 is 12.8 Å². The van der Waals surface area contributed by atoms with E-state index in [1.807, 2.05) is 39.0 Å². The second-order valence-electron chi connectivity index (χ2n) is 8.02. The van der Waals surface area contributed by atoms with E-state index in [9.17, 15) is 12.8 Å². The number of H-pyrrole nitrogens is 1. The normalized spacial score (nSPS) is 11.8. The third-order valence-corrected chi connectivity index (χ3v) is 6.08. The largest absolute Gasteiger partial charge is 0.340 e. The highest BCUT2D eigenvalue weighted by atomic mass is 32.2. The summed E-state index contributed by atoms with van der Waals surface area (Å²) in [5, 5.41) is -0.0560. The molecule has 3 aromatic heterocycles. The first-order valence-corrected chi connectivity index (χ1v) is 12.0. The number of sulfone groups is 1. The minimum Gasteiger partial charge on any atom is -0.340 e. The van der Waals surface area contributed by atoms with Gasteiger partial charge in [-0.3, -0.25) is 4.98 Å². The Bertz CT molecular complexity index is 1390. The summed E-state index contributed by atoms with van der Waals surface area (Å²) >= 11 is 0. The minimum absolute atomic E-state index is 0.0560. The van der Waals surface area contributed by atoms with Crippen LogP contribution in [0.3, 0.4) is 0 Å². The van der Waals surface area contributed by atoms with E-state index < -0.39 is 15.7 Å². The van der Waals surface area contributed by atoms with Gasteiger partial charge in [-0.15, -0.1) is 0 Å². The fourth-order valence-corrected chi connectivity index (χ4v) is 3.95. The average Bonchev–Trinajstić information content (AvgIpc) is 3.19. The second-order valence-corrected chi connectivity index (χ2v) is 9.98. The van der Waals surface area contributed by atoms with Gasteiger partial charge in [-0.1, -0.05) is 19.9 Å². The van der Waals surface area contributed by atoms with Crippen LogP contribution in [0, 0.1) is 12.7 Å². The third-order valence-electron chi connectivity index (χ3n) is 5.08. The lowest BCUT2D eigenvalue weighted by atomic mass is 10.0. The van der Waals surface area contributed by atoms with Crippen molar-refractivity contribution >= 4 is 9.84 Å². The Morgan fingerprint density at radius 3 is 2.38 bits per heavy atom. The third kappa shape index (κ3) is 4.31. The Balaban J connectivity index is 1.85. The van der Waals surface area contributed by atoms with Crippen LogP contribution in [-0.4, -0.2) is 34.6 Å². The number of hydrogen-bond acceptors (Lipinski definition) is 5. The molecule has 0 aliphatic heterocycles. The molecule has 8 heteroatoms. The van der Waals surface area contributed by atoms with Crippen molar-refractivity contribution in [2.24, 2.45) is 0 Å². The van der Waals surface area contributed by atoms with E-state index in [4.69, 9.17) is 4.98 Å². The molecule has 0 saturated heterocycles. The van der Waals surface area contributed by atoms with Crippen molar-refractivity contribution in [1.29, 1.82) is 0 Å². The van der Waals surface area contributed by atoms with Gasteiger partial charge in [0, 0.05) is 40.8 Å². The van der Waals surface area contributed by atoms with E-state index in [2.05, 4.69) is 15.0 Å². The number of pyridine rings is 2. The van der Waals surface area contributed by atoms with Gasteiger partial charge in [-0.25, -0.2) is 22.8 Å². The molecule has 1 N–H and O–H groups in total. The van der Waals surface area contributed by atoms with Crippen molar-refractivity contribution in [2.75, 3.05) is 6.26 Å². The Kier molecular flexibility index (Phi) is 5.64. The van der Waals surface area contributed by atoms with Crippen LogP contribution in [0.5, 0.6) is 0 Å². The number of rotatable bonds is 5. The van der Waals surface area contributed by atoms with Gasteiger partial charge >= 0.3 is 0 Å². The number of aromatic nitrogens is 4. The first-order chi connectivity index (χ1) is 15.1. The van der Waals surface area contributed by atoms with Crippen molar-refractivity contribution in [2.45, 2.75) is 31.7 Å². The van der Waals surface area contributed by atoms with E-state index in [1.165, 1.54) is 18.3 Å². The molecule has 4 rings (SSSR count). The van der Waals surface area contributed by atoms with Crippen molar-refractivity contribution in [3.63, 3.8) is 0 Å². The molecular weight excluding hydrogens is 427 g/mol. The summed E-state index contributed by atoms with van der Waals surface area (Å²) < 4.78 is 38.1. The summed E-state index contributed by atoms with van der Waals surface area (Å²) in [6.07, 6.45) is 2.45. The van der Waals surface area contributed by atoms with Gasteiger partial charge in [-0.2, -0.15) is 0 Å². The molecule has 0 fully saturated rings. The van der Waals surface area contributed by atoms with Crippen LogP contribution in [0.1, 0.15) is 31.3 Å². The van der Waals surface area contributed by atoms with Crippen molar-refractivity contribution in [1.82, 2.24) is 19.9 Å². The molecule has 0 aliphatic rings. The zero-order valence-electron chi connectivity index (χ0n) is 18.2. The summed E-state index contributed by atoms with van der Waals surface area (Å²) in [6.45, 7) is 6.01. The summed E-state index contributed by atoms with van der Waals surface area (Å²) in [6, 6.07) is 13.5. The molecule has 0 unspecified atom stereocenters. The molecule has 6 nitrogen and oxygen atoms in total. The van der Waals surface area contributed by atoms with Gasteiger partial charge < -0.3 is 4.98 Å². The molecule has 0 aliphatic carbocycles. The van der Waals surface area contributed by atoms with E-state index in [1.54, 1.807) is 18.2 Å². The molecular formula is C24H23FN4O2S. The van der Waals surface area contributed by atoms with Crippen molar-refractivity contribution in [3.05, 3.63) is 72.1 Å². The second kappa shape index (κ2) is 8.27. The Morgan fingerprint density at radius 1 is 1.00 bits per heavy atom. The Labute approximate surface area is 186 Å². The lowest BCUT2D eigenvalue weighted by Gasteiger charge is -2.08. The summed E-state index contributed by atoms with van der Waals surface area (Å²) in [7, 11) is -3.43. The number of benzene rings is 1. The molecule has 0 bridgehead atoms. The fraction of sp³-hybridized carbons (Fsp3) is 0.208. The van der Waals surface area contributed by atoms with Gasteiger partial charge in [0.05, 0.1) is 17.1 Å². The molecule has 0 amide bonds. The maximum Gasteiger partial charge on any atom is 0.192 e. The highest BCUT2D eigenvalue weighted by molar-refractivity contribution is 7.90. The van der Waals surface area contributed by atoms with Crippen LogP contribution in [-0.2, 0) is 9.84 Å². The van der Waals surface area contributed by atoms with Gasteiger partial charge in [0.1, 0.15) is 11.6 Å². The first kappa shape index (κ1) is 21.8. The fourth-order valence-electron chi connectivity index (χ4n) is 3.39. The Morgan fingerprint density at radius 2 is 1.75 bits per heavy atom. The zero-order chi connectivity index (χ0) is 23.0. The van der Waals surface area contributed by atoms with E-state index in [0.29, 0.717) is 16.8 Å². The molecule has 0 radical (unpaired) electrons. The summed E-state index contributed by atoms with van der Waals surface area (Å²) in [4.78, 5) is 16.8. The average molecular weight is 451 g/mol. The number of halogens is 1. The topological polar surface area (TPSA) is 88.6 Å². The quantitative estimate of drug-likeness (QED) is 0.453. The smallest absolute Gasteiger partial charge is 0.192 e. The Hall–Kier alpha value is -3.39. The summed E-state index contributed by atoms with van der Waals surface area (Å²) in [5.41, 5.74) is 4.58. The maximum absolute atomic E-state index is 14.7. The first-order valence-electron chi connectivity index (χ1n) is 10.1.